The van der Waals surface area contributed by atoms with Gasteiger partial charge in [-0.2, -0.15) is 0 Å². The van der Waals surface area contributed by atoms with E-state index < -0.39 is 0 Å². The van der Waals surface area contributed by atoms with Gasteiger partial charge in [0.1, 0.15) is 17.2 Å². The topological polar surface area (TPSA) is 42.7 Å². The molecule has 0 saturated heterocycles. The van der Waals surface area contributed by atoms with Gasteiger partial charge in [-0.1, -0.05) is 31.2 Å². The van der Waals surface area contributed by atoms with Crippen molar-refractivity contribution >= 4 is 0 Å². The van der Waals surface area contributed by atoms with Crippen molar-refractivity contribution in [3.63, 3.8) is 0 Å². The zero-order valence-corrected chi connectivity index (χ0v) is 11.5. The first kappa shape index (κ1) is 13.7. The van der Waals surface area contributed by atoms with Crippen molar-refractivity contribution in [1.29, 1.82) is 0 Å². The van der Waals surface area contributed by atoms with Crippen LogP contribution in [-0.2, 0) is 6.42 Å². The lowest BCUT2D eigenvalue weighted by atomic mass is 10.1. The first-order valence-electron chi connectivity index (χ1n) is 6.59. The third kappa shape index (κ3) is 2.51. The maximum absolute atomic E-state index is 13.9. The van der Waals surface area contributed by atoms with Gasteiger partial charge in [0.15, 0.2) is 0 Å². The molecule has 0 aliphatic carbocycles. The quantitative estimate of drug-likeness (QED) is 0.900. The Hall–Kier alpha value is -1.75. The molecule has 0 bridgehead atoms. The molecule has 0 spiro atoms. The summed E-state index contributed by atoms with van der Waals surface area (Å²) in [5, 5.41) is 11.6. The molecule has 1 N–H and O–H groups in total. The molecule has 2 rings (SSSR count). The van der Waals surface area contributed by atoms with Gasteiger partial charge in [0, 0.05) is 0 Å². The number of nitrogens with one attached hydrogen (secondary N) is 1. The molecule has 1 unspecified atom stereocenters. The van der Waals surface area contributed by atoms with Gasteiger partial charge in [0.25, 0.3) is 0 Å². The molecule has 1 heterocycles. The Kier molecular flexibility index (Phi) is 4.27. The Bertz CT molecular complexity index is 546. The molecule has 2 aromatic rings. The monoisotopic (exact) mass is 262 g/mol. The fraction of sp³-hybridized carbons (Fsp3) is 0.429. The average molecular weight is 262 g/mol. The van der Waals surface area contributed by atoms with Crippen molar-refractivity contribution in [2.75, 3.05) is 7.05 Å². The second kappa shape index (κ2) is 5.93. The van der Waals surface area contributed by atoms with Gasteiger partial charge in [-0.25, -0.2) is 9.07 Å². The van der Waals surface area contributed by atoms with Crippen LogP contribution in [0.2, 0.25) is 0 Å². The fourth-order valence-corrected chi connectivity index (χ4v) is 2.27. The Labute approximate surface area is 112 Å². The van der Waals surface area contributed by atoms with E-state index >= 15 is 0 Å². The highest BCUT2D eigenvalue weighted by atomic mass is 19.1. The van der Waals surface area contributed by atoms with Crippen LogP contribution in [0.3, 0.4) is 0 Å². The number of hydrogen-bond donors (Lipinski definition) is 1. The number of para-hydroxylation sites is 1. The normalized spacial score (nSPS) is 12.6. The average Bonchev–Trinajstić information content (AvgIpc) is 2.84. The van der Waals surface area contributed by atoms with Crippen molar-refractivity contribution in [3.8, 4) is 5.69 Å². The maximum atomic E-state index is 13.9. The van der Waals surface area contributed by atoms with Crippen molar-refractivity contribution < 1.29 is 4.39 Å². The van der Waals surface area contributed by atoms with Gasteiger partial charge in [0.2, 0.25) is 0 Å². The predicted molar refractivity (Wildman–Crippen MR) is 72.8 cm³/mol. The van der Waals surface area contributed by atoms with Crippen molar-refractivity contribution in [2.24, 2.45) is 0 Å². The highest BCUT2D eigenvalue weighted by Gasteiger charge is 2.20. The number of rotatable bonds is 5. The minimum Gasteiger partial charge on any atom is -0.312 e. The third-order valence-corrected chi connectivity index (χ3v) is 3.30. The van der Waals surface area contributed by atoms with E-state index in [1.807, 2.05) is 14.0 Å². The number of benzene rings is 1. The van der Waals surface area contributed by atoms with E-state index in [-0.39, 0.29) is 11.9 Å². The SMILES string of the molecule is CCc1c(C(CC)NC)nnn1-c1ccccc1F. The standard InChI is InChI=1S/C14H19FN4/c1-4-11(16-3)14-12(5-2)19(18-17-14)13-9-7-6-8-10(13)15/h6-9,11,16H,4-5H2,1-3H3. The molecule has 5 heteroatoms. The summed E-state index contributed by atoms with van der Waals surface area (Å²) in [5.41, 5.74) is 2.30. The number of halogens is 1. The molecule has 0 radical (unpaired) electrons. The van der Waals surface area contributed by atoms with Crippen molar-refractivity contribution in [2.45, 2.75) is 32.7 Å². The lowest BCUT2D eigenvalue weighted by Crippen LogP contribution is -2.17. The number of nitrogens with zero attached hydrogens (tertiary/aromatic N) is 3. The molecule has 1 aromatic heterocycles. The van der Waals surface area contributed by atoms with Crippen LogP contribution >= 0.6 is 0 Å². The van der Waals surface area contributed by atoms with E-state index in [0.29, 0.717) is 5.69 Å². The van der Waals surface area contributed by atoms with Crippen LogP contribution in [0.1, 0.15) is 37.7 Å². The largest absolute Gasteiger partial charge is 0.312 e. The molecule has 0 aliphatic rings. The lowest BCUT2D eigenvalue weighted by molar-refractivity contribution is 0.555. The van der Waals surface area contributed by atoms with E-state index in [0.717, 1.165) is 24.2 Å². The van der Waals surface area contributed by atoms with Crippen LogP contribution in [-0.4, -0.2) is 22.0 Å². The smallest absolute Gasteiger partial charge is 0.148 e. The fourth-order valence-electron chi connectivity index (χ4n) is 2.27. The molecule has 1 atom stereocenters. The molecule has 102 valence electrons. The Balaban J connectivity index is 2.51. The molecule has 0 fully saturated rings. The molecule has 1 aromatic carbocycles. The molecule has 0 amide bonds. The second-order valence-corrected chi connectivity index (χ2v) is 4.39. The van der Waals surface area contributed by atoms with Crippen molar-refractivity contribution in [1.82, 2.24) is 20.3 Å². The zero-order valence-electron chi connectivity index (χ0n) is 11.5. The summed E-state index contributed by atoms with van der Waals surface area (Å²) in [4.78, 5) is 0. The molecular weight excluding hydrogens is 243 g/mol. The number of aromatic nitrogens is 3. The minimum absolute atomic E-state index is 0.149. The van der Waals surface area contributed by atoms with Crippen LogP contribution in [0.15, 0.2) is 24.3 Å². The van der Waals surface area contributed by atoms with Gasteiger partial charge in [-0.15, -0.1) is 5.10 Å². The summed E-state index contributed by atoms with van der Waals surface area (Å²) in [6, 6.07) is 6.77. The molecule has 0 saturated carbocycles. The van der Waals surface area contributed by atoms with Crippen LogP contribution < -0.4 is 5.32 Å². The van der Waals surface area contributed by atoms with Gasteiger partial charge in [0.05, 0.1) is 11.7 Å². The van der Waals surface area contributed by atoms with Crippen LogP contribution in [0.5, 0.6) is 0 Å². The summed E-state index contributed by atoms with van der Waals surface area (Å²) in [7, 11) is 1.90. The summed E-state index contributed by atoms with van der Waals surface area (Å²) >= 11 is 0. The number of hydrogen-bond acceptors (Lipinski definition) is 3. The van der Waals surface area contributed by atoms with Gasteiger partial charge < -0.3 is 5.32 Å². The van der Waals surface area contributed by atoms with Crippen molar-refractivity contribution in [3.05, 3.63) is 41.5 Å². The molecular formula is C14H19FN4. The Morgan fingerprint density at radius 2 is 2.05 bits per heavy atom. The second-order valence-electron chi connectivity index (χ2n) is 4.39. The van der Waals surface area contributed by atoms with Gasteiger partial charge in [-0.3, -0.25) is 0 Å². The van der Waals surface area contributed by atoms with Crippen LogP contribution in [0, 0.1) is 5.82 Å². The molecule has 19 heavy (non-hydrogen) atoms. The van der Waals surface area contributed by atoms with E-state index in [2.05, 4.69) is 22.6 Å². The summed E-state index contributed by atoms with van der Waals surface area (Å²) in [5.74, 6) is -0.286. The van der Waals surface area contributed by atoms with E-state index in [4.69, 9.17) is 0 Å². The Morgan fingerprint density at radius 1 is 1.32 bits per heavy atom. The predicted octanol–water partition coefficient (Wildman–Crippen LogP) is 2.64. The summed E-state index contributed by atoms with van der Waals surface area (Å²) in [6.07, 6.45) is 1.67. The lowest BCUT2D eigenvalue weighted by Gasteiger charge is -2.13. The maximum Gasteiger partial charge on any atom is 0.148 e. The third-order valence-electron chi connectivity index (χ3n) is 3.30. The van der Waals surface area contributed by atoms with E-state index in [9.17, 15) is 4.39 Å². The van der Waals surface area contributed by atoms with Crippen LogP contribution in [0.4, 0.5) is 4.39 Å². The minimum atomic E-state index is -0.286. The van der Waals surface area contributed by atoms with E-state index in [1.54, 1.807) is 22.9 Å². The summed E-state index contributed by atoms with van der Waals surface area (Å²) in [6.45, 7) is 4.12. The molecule has 4 nitrogen and oxygen atoms in total. The van der Waals surface area contributed by atoms with Crippen LogP contribution in [0.25, 0.3) is 5.69 Å². The highest BCUT2D eigenvalue weighted by Crippen LogP contribution is 2.22. The van der Waals surface area contributed by atoms with Gasteiger partial charge in [-0.05, 0) is 32.0 Å². The first-order valence-corrected chi connectivity index (χ1v) is 6.59. The summed E-state index contributed by atoms with van der Waals surface area (Å²) < 4.78 is 15.5. The van der Waals surface area contributed by atoms with Gasteiger partial charge >= 0.3 is 0 Å². The zero-order chi connectivity index (χ0) is 13.8. The first-order chi connectivity index (χ1) is 9.22. The van der Waals surface area contributed by atoms with E-state index in [1.165, 1.54) is 6.07 Å². The molecule has 0 aliphatic heterocycles. The highest BCUT2D eigenvalue weighted by molar-refractivity contribution is 5.35. The Morgan fingerprint density at radius 3 is 2.63 bits per heavy atom.